The lowest BCUT2D eigenvalue weighted by Gasteiger charge is -2.37. The van der Waals surface area contributed by atoms with Crippen molar-refractivity contribution in [3.8, 4) is 0 Å². The standard InChI is InChI=1S/C15H18F3N5O2/c16-15(17,18)11-2-3-12(21-20-11)22-5-7-23(8-6-22)14(25)10-1-4-13(24)19-9-10/h2-3,10H,1,4-9H2,(H,19,24). The minimum Gasteiger partial charge on any atom is -0.355 e. The summed E-state index contributed by atoms with van der Waals surface area (Å²) >= 11 is 0. The first kappa shape index (κ1) is 17.4. The molecule has 0 aromatic carbocycles. The maximum atomic E-state index is 12.5. The molecule has 2 saturated heterocycles. The number of alkyl halides is 3. The van der Waals surface area contributed by atoms with Gasteiger partial charge in [-0.1, -0.05) is 0 Å². The van der Waals surface area contributed by atoms with E-state index in [1.807, 2.05) is 0 Å². The summed E-state index contributed by atoms with van der Waals surface area (Å²) in [6.45, 7) is 2.25. The highest BCUT2D eigenvalue weighted by molar-refractivity contribution is 5.84. The van der Waals surface area contributed by atoms with Gasteiger partial charge in [0, 0.05) is 39.1 Å². The van der Waals surface area contributed by atoms with E-state index in [-0.39, 0.29) is 17.7 Å². The molecule has 10 heteroatoms. The molecule has 2 aliphatic rings. The number of carbonyl (C=O) groups is 2. The van der Waals surface area contributed by atoms with Crippen LogP contribution in [0.25, 0.3) is 0 Å². The molecule has 0 spiro atoms. The smallest absolute Gasteiger partial charge is 0.355 e. The molecular weight excluding hydrogens is 339 g/mol. The zero-order valence-electron chi connectivity index (χ0n) is 13.4. The number of hydrogen-bond donors (Lipinski definition) is 1. The van der Waals surface area contributed by atoms with Crippen LogP contribution in [0, 0.1) is 5.92 Å². The summed E-state index contributed by atoms with van der Waals surface area (Å²) in [5.41, 5.74) is -1.02. The van der Waals surface area contributed by atoms with E-state index in [9.17, 15) is 22.8 Å². The van der Waals surface area contributed by atoms with Gasteiger partial charge in [-0.15, -0.1) is 10.2 Å². The summed E-state index contributed by atoms with van der Waals surface area (Å²) in [5.74, 6) is 0.146. The van der Waals surface area contributed by atoms with E-state index in [0.717, 1.165) is 6.07 Å². The lowest BCUT2D eigenvalue weighted by Crippen LogP contribution is -2.52. The van der Waals surface area contributed by atoms with Gasteiger partial charge >= 0.3 is 6.18 Å². The Morgan fingerprint density at radius 3 is 2.40 bits per heavy atom. The van der Waals surface area contributed by atoms with Gasteiger partial charge in [-0.2, -0.15) is 13.2 Å². The van der Waals surface area contributed by atoms with E-state index in [4.69, 9.17) is 0 Å². The molecule has 7 nitrogen and oxygen atoms in total. The van der Waals surface area contributed by atoms with E-state index < -0.39 is 11.9 Å². The van der Waals surface area contributed by atoms with Crippen molar-refractivity contribution in [2.24, 2.45) is 5.92 Å². The van der Waals surface area contributed by atoms with Crippen LogP contribution in [-0.2, 0) is 15.8 Å². The molecule has 0 radical (unpaired) electrons. The summed E-state index contributed by atoms with van der Waals surface area (Å²) < 4.78 is 37.5. The van der Waals surface area contributed by atoms with Crippen molar-refractivity contribution in [2.75, 3.05) is 37.6 Å². The lowest BCUT2D eigenvalue weighted by atomic mass is 9.97. The fourth-order valence-corrected chi connectivity index (χ4v) is 3.00. The van der Waals surface area contributed by atoms with Gasteiger partial charge in [0.15, 0.2) is 11.5 Å². The zero-order valence-corrected chi connectivity index (χ0v) is 13.4. The fraction of sp³-hybridized carbons (Fsp3) is 0.600. The summed E-state index contributed by atoms with van der Waals surface area (Å²) in [4.78, 5) is 27.2. The number of nitrogens with zero attached hydrogens (tertiary/aromatic N) is 4. The second kappa shape index (κ2) is 6.85. The van der Waals surface area contributed by atoms with Crippen molar-refractivity contribution in [1.29, 1.82) is 0 Å². The zero-order chi connectivity index (χ0) is 18.0. The first-order valence-corrected chi connectivity index (χ1v) is 8.06. The molecule has 2 aliphatic heterocycles. The quantitative estimate of drug-likeness (QED) is 0.842. The fourth-order valence-electron chi connectivity index (χ4n) is 3.00. The van der Waals surface area contributed by atoms with E-state index in [0.29, 0.717) is 51.4 Å². The Kier molecular flexibility index (Phi) is 4.78. The Morgan fingerprint density at radius 2 is 1.88 bits per heavy atom. The first-order chi connectivity index (χ1) is 11.8. The van der Waals surface area contributed by atoms with Crippen molar-refractivity contribution in [2.45, 2.75) is 19.0 Å². The molecule has 136 valence electrons. The van der Waals surface area contributed by atoms with Crippen molar-refractivity contribution in [3.05, 3.63) is 17.8 Å². The van der Waals surface area contributed by atoms with Gasteiger partial charge < -0.3 is 15.1 Å². The van der Waals surface area contributed by atoms with E-state index in [2.05, 4.69) is 15.5 Å². The maximum Gasteiger partial charge on any atom is 0.435 e. The highest BCUT2D eigenvalue weighted by atomic mass is 19.4. The number of amides is 2. The highest BCUT2D eigenvalue weighted by Crippen LogP contribution is 2.27. The molecule has 1 unspecified atom stereocenters. The minimum absolute atomic E-state index is 0.0122. The van der Waals surface area contributed by atoms with Crippen molar-refractivity contribution >= 4 is 17.6 Å². The average Bonchev–Trinajstić information content (AvgIpc) is 2.61. The van der Waals surface area contributed by atoms with Crippen molar-refractivity contribution in [3.63, 3.8) is 0 Å². The first-order valence-electron chi connectivity index (χ1n) is 8.06. The number of hydrogen-bond acceptors (Lipinski definition) is 5. The third-order valence-corrected chi connectivity index (χ3v) is 4.47. The van der Waals surface area contributed by atoms with Crippen LogP contribution in [0.5, 0.6) is 0 Å². The molecule has 0 bridgehead atoms. The minimum atomic E-state index is -4.51. The number of halogens is 3. The third-order valence-electron chi connectivity index (χ3n) is 4.47. The monoisotopic (exact) mass is 357 g/mol. The molecule has 25 heavy (non-hydrogen) atoms. The average molecular weight is 357 g/mol. The van der Waals surface area contributed by atoms with Gasteiger partial charge in [0.05, 0.1) is 5.92 Å². The van der Waals surface area contributed by atoms with E-state index >= 15 is 0 Å². The SMILES string of the molecule is O=C1CCC(C(=O)N2CCN(c3ccc(C(F)(F)F)nn3)CC2)CN1. The van der Waals surface area contributed by atoms with Crippen LogP contribution in [-0.4, -0.2) is 59.6 Å². The lowest BCUT2D eigenvalue weighted by molar-refractivity contribution is -0.142. The van der Waals surface area contributed by atoms with Gasteiger partial charge in [0.25, 0.3) is 0 Å². The van der Waals surface area contributed by atoms with Gasteiger partial charge in [0.1, 0.15) is 0 Å². The normalized spacial score (nSPS) is 21.9. The van der Waals surface area contributed by atoms with Crippen LogP contribution < -0.4 is 10.2 Å². The van der Waals surface area contributed by atoms with E-state index in [1.54, 1.807) is 9.80 Å². The summed E-state index contributed by atoms with van der Waals surface area (Å²) in [6.07, 6.45) is -3.60. The molecule has 0 aliphatic carbocycles. The van der Waals surface area contributed by atoms with Crippen molar-refractivity contribution < 1.29 is 22.8 Å². The number of rotatable bonds is 2. The van der Waals surface area contributed by atoms with Crippen LogP contribution in [0.15, 0.2) is 12.1 Å². The molecule has 1 aromatic heterocycles. The van der Waals surface area contributed by atoms with Gasteiger partial charge in [0.2, 0.25) is 11.8 Å². The maximum absolute atomic E-state index is 12.5. The van der Waals surface area contributed by atoms with Crippen LogP contribution in [0.4, 0.5) is 19.0 Å². The Morgan fingerprint density at radius 1 is 1.16 bits per heavy atom. The molecule has 3 rings (SSSR count). The number of anilines is 1. The number of piperidine rings is 1. The molecule has 2 amide bonds. The Bertz CT molecular complexity index is 632. The molecule has 2 fully saturated rings. The highest BCUT2D eigenvalue weighted by Gasteiger charge is 2.34. The molecule has 1 atom stereocenters. The summed E-state index contributed by atoms with van der Waals surface area (Å²) in [5, 5.41) is 9.56. The Balaban J connectivity index is 1.55. The third kappa shape index (κ3) is 3.99. The molecule has 1 N–H and O–H groups in total. The second-order valence-corrected chi connectivity index (χ2v) is 6.13. The van der Waals surface area contributed by atoms with Crippen LogP contribution >= 0.6 is 0 Å². The largest absolute Gasteiger partial charge is 0.435 e. The molecule has 3 heterocycles. The predicted molar refractivity (Wildman–Crippen MR) is 81.6 cm³/mol. The summed E-state index contributed by atoms with van der Waals surface area (Å²) in [6, 6.07) is 2.20. The predicted octanol–water partition coefficient (Wildman–Crippen LogP) is 0.670. The molecule has 0 saturated carbocycles. The number of nitrogens with one attached hydrogen (secondary N) is 1. The summed E-state index contributed by atoms with van der Waals surface area (Å²) in [7, 11) is 0. The van der Waals surface area contributed by atoms with Gasteiger partial charge in [-0.3, -0.25) is 9.59 Å². The van der Waals surface area contributed by atoms with Crippen LogP contribution in [0.1, 0.15) is 18.5 Å². The number of aromatic nitrogens is 2. The molecule has 1 aromatic rings. The second-order valence-electron chi connectivity index (χ2n) is 6.13. The Labute approximate surface area is 142 Å². The Hall–Kier alpha value is -2.39. The van der Waals surface area contributed by atoms with Crippen LogP contribution in [0.3, 0.4) is 0 Å². The topological polar surface area (TPSA) is 78.4 Å². The van der Waals surface area contributed by atoms with Gasteiger partial charge in [-0.05, 0) is 18.6 Å². The van der Waals surface area contributed by atoms with E-state index in [1.165, 1.54) is 6.07 Å². The van der Waals surface area contributed by atoms with Gasteiger partial charge in [-0.25, -0.2) is 0 Å². The number of carbonyl (C=O) groups excluding carboxylic acids is 2. The van der Waals surface area contributed by atoms with Crippen molar-refractivity contribution in [1.82, 2.24) is 20.4 Å². The van der Waals surface area contributed by atoms with Crippen LogP contribution in [0.2, 0.25) is 0 Å². The molecular formula is C15H18F3N5O2. The number of piperazine rings is 1.